The summed E-state index contributed by atoms with van der Waals surface area (Å²) in [5.41, 5.74) is 0.817. The molecular weight excluding hydrogens is 543 g/mol. The maximum atomic E-state index is 13.7. The maximum absolute atomic E-state index is 13.7. The summed E-state index contributed by atoms with van der Waals surface area (Å²) >= 11 is 15.8. The second-order valence-corrected chi connectivity index (χ2v) is 13.6. The fourth-order valence-electron chi connectivity index (χ4n) is 7.22. The van der Waals surface area contributed by atoms with Crippen molar-refractivity contribution in [3.63, 3.8) is 0 Å². The van der Waals surface area contributed by atoms with Gasteiger partial charge in [-0.3, -0.25) is 19.3 Å². The number of carbonyl (C=O) groups is 3. The summed E-state index contributed by atoms with van der Waals surface area (Å²) in [5, 5.41) is 11.5. The molecule has 11 heteroatoms. The number of nitrogens with zero attached hydrogens (tertiary/aromatic N) is 1. The number of aliphatic carboxylic acids is 1. The molecule has 1 aromatic carbocycles. The van der Waals surface area contributed by atoms with Gasteiger partial charge in [0.25, 0.3) is 0 Å². The number of carbonyl (C=O) groups excluding carboxylic acids is 2. The van der Waals surface area contributed by atoms with E-state index in [1.165, 1.54) is 0 Å². The summed E-state index contributed by atoms with van der Waals surface area (Å²) in [4.78, 5) is 56.6. The first-order chi connectivity index (χ1) is 17.1. The molecule has 3 fully saturated rings. The summed E-state index contributed by atoms with van der Waals surface area (Å²) in [6.07, 6.45) is 0.946. The molecular formula is C25H24Cl2N2O5S2. The lowest BCUT2D eigenvalue weighted by molar-refractivity contribution is -0.156. The zero-order valence-corrected chi connectivity index (χ0v) is 22.6. The van der Waals surface area contributed by atoms with E-state index in [-0.39, 0.29) is 57.9 Å². The minimum Gasteiger partial charge on any atom is -0.480 e. The summed E-state index contributed by atoms with van der Waals surface area (Å²) in [5.74, 6) is -3.37. The zero-order valence-electron chi connectivity index (χ0n) is 19.4. The first-order valence-corrected chi connectivity index (χ1v) is 14.5. The van der Waals surface area contributed by atoms with E-state index in [1.807, 2.05) is 26.0 Å². The van der Waals surface area contributed by atoms with E-state index in [0.717, 1.165) is 38.1 Å². The van der Waals surface area contributed by atoms with Crippen molar-refractivity contribution in [2.75, 3.05) is 0 Å². The van der Waals surface area contributed by atoms with Gasteiger partial charge in [0, 0.05) is 16.0 Å². The van der Waals surface area contributed by atoms with Gasteiger partial charge in [-0.25, -0.2) is 4.79 Å². The Hall–Kier alpha value is -1.81. The van der Waals surface area contributed by atoms with Gasteiger partial charge in [0.15, 0.2) is 0 Å². The van der Waals surface area contributed by atoms with Crippen molar-refractivity contribution in [2.45, 2.75) is 48.9 Å². The number of hydrogen-bond acceptors (Lipinski definition) is 6. The number of imide groups is 1. The molecule has 6 rings (SSSR count). The SMILES string of the molecule is CC(C)CC(C(=O)O)N1C(=O)C2C3CC(C2C1=O)C1C3Sc2[nH]c(=O)sc2[C@@H]1c1cccc(Cl)c1Cl. The second kappa shape index (κ2) is 8.61. The molecule has 0 spiro atoms. The van der Waals surface area contributed by atoms with Gasteiger partial charge < -0.3 is 10.1 Å². The van der Waals surface area contributed by atoms with Crippen molar-refractivity contribution >= 4 is 64.1 Å². The number of H-pyrrole nitrogens is 1. The highest BCUT2D eigenvalue weighted by Gasteiger charge is 2.70. The lowest BCUT2D eigenvalue weighted by atomic mass is 9.68. The molecule has 2 aliphatic heterocycles. The molecule has 1 saturated heterocycles. The standard InChI is InChI=1S/C25H24Cl2N2O5S2/c1-8(2)6-13(24(32)33)29-22(30)16-10-7-11(17(16)23(29)31)19-15(10)14(9-4-3-5-12(26)18(9)27)20-21(35-19)28-25(34)36-20/h3-5,8,10-11,13-17,19H,6-7H2,1-2H3,(H,28,34)(H,32,33)/t10?,11?,13?,14-,15?,16?,17?,19?/m1/s1. The van der Waals surface area contributed by atoms with Crippen molar-refractivity contribution in [3.8, 4) is 0 Å². The lowest BCUT2D eigenvalue weighted by Crippen LogP contribution is -2.47. The van der Waals surface area contributed by atoms with Crippen LogP contribution in [0.25, 0.3) is 0 Å². The molecule has 1 aromatic heterocycles. The first kappa shape index (κ1) is 24.5. The van der Waals surface area contributed by atoms with Gasteiger partial charge in [-0.1, -0.05) is 60.5 Å². The second-order valence-electron chi connectivity index (χ2n) is 10.6. The molecule has 2 aliphatic carbocycles. The Kier molecular flexibility index (Phi) is 5.87. The number of thiazole rings is 1. The van der Waals surface area contributed by atoms with E-state index in [9.17, 15) is 24.3 Å². The summed E-state index contributed by atoms with van der Waals surface area (Å²) in [6, 6.07) is 4.32. The normalized spacial score (nSPS) is 33.1. The van der Waals surface area contributed by atoms with Crippen LogP contribution >= 0.6 is 46.3 Å². The summed E-state index contributed by atoms with van der Waals surface area (Å²) < 4.78 is 0. The Labute approximate surface area is 225 Å². The minimum absolute atomic E-state index is 0.000810. The van der Waals surface area contributed by atoms with E-state index in [0.29, 0.717) is 10.0 Å². The van der Waals surface area contributed by atoms with Crippen LogP contribution in [0.1, 0.15) is 43.0 Å². The highest BCUT2D eigenvalue weighted by atomic mass is 35.5. The average molecular weight is 568 g/mol. The number of aromatic nitrogens is 1. The van der Waals surface area contributed by atoms with Crippen LogP contribution in [-0.4, -0.2) is 44.1 Å². The number of nitrogens with one attached hydrogen (secondary N) is 1. The van der Waals surface area contributed by atoms with Crippen LogP contribution < -0.4 is 4.87 Å². The number of amides is 2. The van der Waals surface area contributed by atoms with E-state index in [2.05, 4.69) is 4.98 Å². The molecule has 7 unspecified atom stereocenters. The van der Waals surface area contributed by atoms with Gasteiger partial charge >= 0.3 is 10.8 Å². The van der Waals surface area contributed by atoms with Crippen LogP contribution in [0, 0.1) is 35.5 Å². The number of carboxylic acids is 1. The Balaban J connectivity index is 1.44. The topological polar surface area (TPSA) is 108 Å². The van der Waals surface area contributed by atoms with Gasteiger partial charge in [0.1, 0.15) is 6.04 Å². The molecule has 2 amide bonds. The van der Waals surface area contributed by atoms with Crippen molar-refractivity contribution in [1.29, 1.82) is 0 Å². The molecule has 8 atom stereocenters. The Morgan fingerprint density at radius 1 is 1.17 bits per heavy atom. The number of hydrogen-bond donors (Lipinski definition) is 2. The predicted octanol–water partition coefficient (Wildman–Crippen LogP) is 4.72. The minimum atomic E-state index is -1.15. The van der Waals surface area contributed by atoms with E-state index < -0.39 is 23.8 Å². The van der Waals surface area contributed by atoms with Crippen molar-refractivity contribution in [2.24, 2.45) is 35.5 Å². The number of fused-ring (bicyclic) bond motifs is 9. The van der Waals surface area contributed by atoms with Crippen LogP contribution in [0.2, 0.25) is 10.0 Å². The number of halogens is 2. The molecule has 4 aliphatic rings. The van der Waals surface area contributed by atoms with Crippen molar-refractivity contribution < 1.29 is 19.5 Å². The van der Waals surface area contributed by atoms with Gasteiger partial charge in [0.05, 0.1) is 26.9 Å². The Morgan fingerprint density at radius 2 is 1.86 bits per heavy atom. The van der Waals surface area contributed by atoms with Gasteiger partial charge in [-0.2, -0.15) is 0 Å². The van der Waals surface area contributed by atoms with Crippen LogP contribution in [0.3, 0.4) is 0 Å². The van der Waals surface area contributed by atoms with Crippen molar-refractivity contribution in [3.05, 3.63) is 48.4 Å². The average Bonchev–Trinajstić information content (AvgIpc) is 3.53. The quantitative estimate of drug-likeness (QED) is 0.507. The highest BCUT2D eigenvalue weighted by Crippen LogP contribution is 2.69. The Bertz CT molecular complexity index is 1360. The predicted molar refractivity (Wildman–Crippen MR) is 138 cm³/mol. The van der Waals surface area contributed by atoms with Crippen LogP contribution in [0.15, 0.2) is 28.0 Å². The molecule has 0 radical (unpaired) electrons. The number of likely N-dealkylation sites (tertiary alicyclic amines) is 1. The fourth-order valence-corrected chi connectivity index (χ4v) is 10.5. The molecule has 36 heavy (non-hydrogen) atoms. The first-order valence-electron chi connectivity index (χ1n) is 12.0. The number of rotatable bonds is 5. The molecule has 2 N–H and O–H groups in total. The number of carboxylic acid groups (broad SMARTS) is 1. The largest absolute Gasteiger partial charge is 0.480 e. The van der Waals surface area contributed by atoms with Crippen LogP contribution in [0.5, 0.6) is 0 Å². The van der Waals surface area contributed by atoms with Gasteiger partial charge in [-0.05, 0) is 48.1 Å². The zero-order chi connectivity index (χ0) is 25.6. The Morgan fingerprint density at radius 3 is 2.53 bits per heavy atom. The van der Waals surface area contributed by atoms with Gasteiger partial charge in [0.2, 0.25) is 11.8 Å². The molecule has 7 nitrogen and oxygen atoms in total. The molecule has 2 saturated carbocycles. The molecule has 2 bridgehead atoms. The number of aromatic amines is 1. The molecule has 2 aromatic rings. The van der Waals surface area contributed by atoms with E-state index in [1.54, 1.807) is 17.8 Å². The number of thioether (sulfide) groups is 1. The third kappa shape index (κ3) is 3.38. The monoisotopic (exact) mass is 566 g/mol. The lowest BCUT2D eigenvalue weighted by Gasteiger charge is -2.43. The third-order valence-electron chi connectivity index (χ3n) is 8.37. The molecule has 190 valence electrons. The summed E-state index contributed by atoms with van der Waals surface area (Å²) in [7, 11) is 0. The maximum Gasteiger partial charge on any atom is 0.326 e. The smallest absolute Gasteiger partial charge is 0.326 e. The van der Waals surface area contributed by atoms with Crippen LogP contribution in [-0.2, 0) is 14.4 Å². The van der Waals surface area contributed by atoms with Crippen LogP contribution in [0.4, 0.5) is 0 Å². The number of benzene rings is 1. The third-order valence-corrected chi connectivity index (χ3v) is 11.8. The molecule has 3 heterocycles. The van der Waals surface area contributed by atoms with E-state index >= 15 is 0 Å². The van der Waals surface area contributed by atoms with E-state index in [4.69, 9.17) is 23.2 Å². The highest BCUT2D eigenvalue weighted by molar-refractivity contribution is 8.00. The fraction of sp³-hybridized carbons (Fsp3) is 0.520. The van der Waals surface area contributed by atoms with Gasteiger partial charge in [-0.15, -0.1) is 11.8 Å². The van der Waals surface area contributed by atoms with Crippen molar-refractivity contribution in [1.82, 2.24) is 9.88 Å². The summed E-state index contributed by atoms with van der Waals surface area (Å²) in [6.45, 7) is 3.77.